The molecule has 0 aliphatic carbocycles. The molecule has 2 heterocycles. The molecule has 1 aromatic carbocycles. The van der Waals surface area contributed by atoms with E-state index in [9.17, 15) is 0 Å². The Labute approximate surface area is 117 Å². The lowest BCUT2D eigenvalue weighted by molar-refractivity contribution is 0.566. The first-order valence-electron chi connectivity index (χ1n) is 6.86. The lowest BCUT2D eigenvalue weighted by atomic mass is 10.1. The summed E-state index contributed by atoms with van der Waals surface area (Å²) in [6, 6.07) is 8.14. The van der Waals surface area contributed by atoms with Gasteiger partial charge in [0.25, 0.3) is 0 Å². The van der Waals surface area contributed by atoms with Crippen molar-refractivity contribution in [2.24, 2.45) is 7.05 Å². The second kappa shape index (κ2) is 5.46. The van der Waals surface area contributed by atoms with Gasteiger partial charge in [-0.05, 0) is 19.0 Å². The summed E-state index contributed by atoms with van der Waals surface area (Å²) in [7, 11) is 1.94. The van der Waals surface area contributed by atoms with Gasteiger partial charge in [-0.3, -0.25) is 4.68 Å². The topological polar surface area (TPSA) is 55.9 Å². The Bertz CT molecular complexity index is 714. The summed E-state index contributed by atoms with van der Waals surface area (Å²) in [5, 5.41) is 9.01. The van der Waals surface area contributed by atoms with Crippen LogP contribution in [0.3, 0.4) is 0 Å². The number of nitrogens with one attached hydrogen (secondary N) is 1. The molecule has 0 unspecified atom stereocenters. The molecule has 0 saturated carbocycles. The molecule has 5 heteroatoms. The fraction of sp³-hybridized carbons (Fsp3) is 0.333. The van der Waals surface area contributed by atoms with Gasteiger partial charge in [0.15, 0.2) is 12.2 Å². The van der Waals surface area contributed by atoms with E-state index in [2.05, 4.69) is 34.5 Å². The number of benzene rings is 1. The normalized spacial score (nSPS) is 11.3. The number of oxazole rings is 1. The van der Waals surface area contributed by atoms with Crippen molar-refractivity contribution in [1.82, 2.24) is 20.1 Å². The molecule has 0 fully saturated rings. The summed E-state index contributed by atoms with van der Waals surface area (Å²) >= 11 is 0. The molecular formula is C15H18N4O. The van der Waals surface area contributed by atoms with E-state index in [-0.39, 0.29) is 0 Å². The van der Waals surface area contributed by atoms with Crippen molar-refractivity contribution in [2.45, 2.75) is 19.9 Å². The summed E-state index contributed by atoms with van der Waals surface area (Å²) in [6.45, 7) is 3.81. The van der Waals surface area contributed by atoms with Crippen LogP contribution in [0.5, 0.6) is 0 Å². The van der Waals surface area contributed by atoms with Gasteiger partial charge >= 0.3 is 0 Å². The standard InChI is InChI=1S/C15H18N4O/c1-3-8-16-9-12-15(20-10-17-12)14-11-6-4-5-7-13(11)19(2)18-14/h4-7,10,16H,3,8-9H2,1-2H3. The maximum absolute atomic E-state index is 5.58. The van der Waals surface area contributed by atoms with E-state index in [1.165, 1.54) is 6.39 Å². The third-order valence-electron chi connectivity index (χ3n) is 3.33. The molecule has 2 aromatic heterocycles. The van der Waals surface area contributed by atoms with Crippen LogP contribution in [0, 0.1) is 0 Å². The number of rotatable bonds is 5. The Hall–Kier alpha value is -2.14. The Morgan fingerprint density at radius 2 is 2.15 bits per heavy atom. The molecule has 3 rings (SSSR count). The molecule has 20 heavy (non-hydrogen) atoms. The van der Waals surface area contributed by atoms with Crippen LogP contribution in [0.1, 0.15) is 19.0 Å². The Morgan fingerprint density at radius 3 is 3.00 bits per heavy atom. The fourth-order valence-electron chi connectivity index (χ4n) is 2.35. The van der Waals surface area contributed by atoms with Gasteiger partial charge in [-0.1, -0.05) is 25.1 Å². The number of para-hydroxylation sites is 1. The van der Waals surface area contributed by atoms with E-state index >= 15 is 0 Å². The summed E-state index contributed by atoms with van der Waals surface area (Å²) in [6.07, 6.45) is 2.58. The number of nitrogens with zero attached hydrogens (tertiary/aromatic N) is 3. The minimum absolute atomic E-state index is 0.699. The smallest absolute Gasteiger partial charge is 0.181 e. The number of fused-ring (bicyclic) bond motifs is 1. The highest BCUT2D eigenvalue weighted by atomic mass is 16.3. The highest BCUT2D eigenvalue weighted by Gasteiger charge is 2.17. The molecule has 0 amide bonds. The second-order valence-corrected chi connectivity index (χ2v) is 4.79. The average Bonchev–Trinajstić information content (AvgIpc) is 3.05. The SMILES string of the molecule is CCCNCc1ncoc1-c1nn(C)c2ccccc12. The third-order valence-corrected chi connectivity index (χ3v) is 3.33. The Balaban J connectivity index is 2.01. The molecule has 0 spiro atoms. The maximum Gasteiger partial charge on any atom is 0.181 e. The van der Waals surface area contributed by atoms with Crippen LogP contribution in [0.4, 0.5) is 0 Å². The molecule has 104 valence electrons. The van der Waals surface area contributed by atoms with Gasteiger partial charge in [0.2, 0.25) is 0 Å². The Kier molecular flexibility index (Phi) is 3.52. The zero-order chi connectivity index (χ0) is 13.9. The highest BCUT2D eigenvalue weighted by Crippen LogP contribution is 2.29. The van der Waals surface area contributed by atoms with Gasteiger partial charge in [-0.15, -0.1) is 0 Å². The zero-order valence-electron chi connectivity index (χ0n) is 11.8. The van der Waals surface area contributed by atoms with Crippen molar-refractivity contribution in [3.05, 3.63) is 36.4 Å². The first-order valence-corrected chi connectivity index (χ1v) is 6.86. The van der Waals surface area contributed by atoms with Gasteiger partial charge in [0, 0.05) is 19.0 Å². The number of hydrogen-bond acceptors (Lipinski definition) is 4. The molecule has 1 N–H and O–H groups in total. The minimum Gasteiger partial charge on any atom is -0.441 e. The van der Waals surface area contributed by atoms with Crippen molar-refractivity contribution < 1.29 is 4.42 Å². The van der Waals surface area contributed by atoms with Crippen LogP contribution < -0.4 is 5.32 Å². The molecule has 0 aliphatic heterocycles. The molecule has 0 aliphatic rings. The molecule has 3 aromatic rings. The molecule has 0 bridgehead atoms. The van der Waals surface area contributed by atoms with Gasteiger partial charge in [-0.2, -0.15) is 5.10 Å². The van der Waals surface area contributed by atoms with Crippen LogP contribution in [0.15, 0.2) is 35.1 Å². The predicted octanol–water partition coefficient (Wildman–Crippen LogP) is 2.73. The summed E-state index contributed by atoms with van der Waals surface area (Å²) in [4.78, 5) is 4.30. The molecule has 0 saturated heterocycles. The zero-order valence-corrected chi connectivity index (χ0v) is 11.8. The predicted molar refractivity (Wildman–Crippen MR) is 78.2 cm³/mol. The average molecular weight is 270 g/mol. The van der Waals surface area contributed by atoms with E-state index in [4.69, 9.17) is 4.42 Å². The van der Waals surface area contributed by atoms with Crippen LogP contribution in [0.25, 0.3) is 22.4 Å². The van der Waals surface area contributed by atoms with Gasteiger partial charge < -0.3 is 9.73 Å². The lowest BCUT2D eigenvalue weighted by Gasteiger charge is -2.01. The van der Waals surface area contributed by atoms with E-state index in [0.717, 1.165) is 41.0 Å². The van der Waals surface area contributed by atoms with Crippen LogP contribution in [-0.2, 0) is 13.6 Å². The van der Waals surface area contributed by atoms with Crippen molar-refractivity contribution >= 4 is 10.9 Å². The molecule has 0 atom stereocenters. The largest absolute Gasteiger partial charge is 0.441 e. The fourth-order valence-corrected chi connectivity index (χ4v) is 2.35. The van der Waals surface area contributed by atoms with Gasteiger partial charge in [0.05, 0.1) is 5.52 Å². The van der Waals surface area contributed by atoms with Crippen LogP contribution in [0.2, 0.25) is 0 Å². The third kappa shape index (κ3) is 2.20. The van der Waals surface area contributed by atoms with E-state index < -0.39 is 0 Å². The first kappa shape index (κ1) is 12.9. The summed E-state index contributed by atoms with van der Waals surface area (Å²) < 4.78 is 7.45. The second-order valence-electron chi connectivity index (χ2n) is 4.79. The van der Waals surface area contributed by atoms with Gasteiger partial charge in [-0.25, -0.2) is 4.98 Å². The monoisotopic (exact) mass is 270 g/mol. The van der Waals surface area contributed by atoms with E-state index in [1.807, 2.05) is 23.9 Å². The Morgan fingerprint density at radius 1 is 1.30 bits per heavy atom. The molecule has 5 nitrogen and oxygen atoms in total. The van der Waals surface area contributed by atoms with E-state index in [1.54, 1.807) is 0 Å². The lowest BCUT2D eigenvalue weighted by Crippen LogP contribution is -2.14. The van der Waals surface area contributed by atoms with Crippen LogP contribution in [-0.4, -0.2) is 21.3 Å². The van der Waals surface area contributed by atoms with Gasteiger partial charge in [0.1, 0.15) is 11.4 Å². The summed E-state index contributed by atoms with van der Waals surface area (Å²) in [5.74, 6) is 0.755. The number of aromatic nitrogens is 3. The van der Waals surface area contributed by atoms with Crippen LogP contribution >= 0.6 is 0 Å². The number of aryl methyl sites for hydroxylation is 1. The number of hydrogen-bond donors (Lipinski definition) is 1. The highest BCUT2D eigenvalue weighted by molar-refractivity contribution is 5.92. The van der Waals surface area contributed by atoms with Crippen molar-refractivity contribution in [1.29, 1.82) is 0 Å². The van der Waals surface area contributed by atoms with Crippen molar-refractivity contribution in [3.8, 4) is 11.5 Å². The van der Waals surface area contributed by atoms with Crippen molar-refractivity contribution in [2.75, 3.05) is 6.54 Å². The quantitative estimate of drug-likeness (QED) is 0.724. The minimum atomic E-state index is 0.699. The van der Waals surface area contributed by atoms with E-state index in [0.29, 0.717) is 6.54 Å². The first-order chi connectivity index (χ1) is 9.81. The molecule has 0 radical (unpaired) electrons. The van der Waals surface area contributed by atoms with Crippen molar-refractivity contribution in [3.63, 3.8) is 0 Å². The maximum atomic E-state index is 5.58. The summed E-state index contributed by atoms with van der Waals surface area (Å²) in [5.41, 5.74) is 2.85. The molecular weight excluding hydrogens is 252 g/mol.